The summed E-state index contributed by atoms with van der Waals surface area (Å²) in [6.45, 7) is 3.40. The van der Waals surface area contributed by atoms with E-state index in [0.717, 1.165) is 26.1 Å². The monoisotopic (exact) mass is 228 g/mol. The van der Waals surface area contributed by atoms with E-state index < -0.39 is 0 Å². The summed E-state index contributed by atoms with van der Waals surface area (Å²) in [4.78, 5) is 5.07. The molecule has 88 valence electrons. The SMILES string of the molecule is [N-]=[N+]=NCCN1CC=C(c2ccccc2)CC1. The molecule has 1 aromatic carbocycles. The maximum atomic E-state index is 8.21. The highest BCUT2D eigenvalue weighted by Crippen LogP contribution is 2.21. The second-order valence-electron chi connectivity index (χ2n) is 4.10. The molecule has 1 aliphatic rings. The lowest BCUT2D eigenvalue weighted by Gasteiger charge is -2.25. The van der Waals surface area contributed by atoms with Crippen molar-refractivity contribution < 1.29 is 0 Å². The molecule has 0 aliphatic carbocycles. The molecule has 0 fully saturated rings. The average Bonchev–Trinajstić information content (AvgIpc) is 2.41. The van der Waals surface area contributed by atoms with Crippen LogP contribution in [0.3, 0.4) is 0 Å². The Morgan fingerprint density at radius 3 is 2.76 bits per heavy atom. The van der Waals surface area contributed by atoms with E-state index >= 15 is 0 Å². The number of hydrogen-bond acceptors (Lipinski definition) is 2. The summed E-state index contributed by atoms with van der Waals surface area (Å²) in [5.74, 6) is 0. The highest BCUT2D eigenvalue weighted by molar-refractivity contribution is 5.66. The summed E-state index contributed by atoms with van der Waals surface area (Å²) >= 11 is 0. The van der Waals surface area contributed by atoms with Crippen molar-refractivity contribution in [3.63, 3.8) is 0 Å². The van der Waals surface area contributed by atoms with Gasteiger partial charge in [-0.2, -0.15) is 0 Å². The Morgan fingerprint density at radius 2 is 2.12 bits per heavy atom. The summed E-state index contributed by atoms with van der Waals surface area (Å²) in [5.41, 5.74) is 11.0. The van der Waals surface area contributed by atoms with Gasteiger partial charge in [0.25, 0.3) is 0 Å². The third-order valence-electron chi connectivity index (χ3n) is 3.02. The normalized spacial score (nSPS) is 16.1. The fourth-order valence-electron chi connectivity index (χ4n) is 2.06. The van der Waals surface area contributed by atoms with Gasteiger partial charge in [-0.05, 0) is 23.1 Å². The van der Waals surface area contributed by atoms with Crippen molar-refractivity contribution in [2.45, 2.75) is 6.42 Å². The van der Waals surface area contributed by atoms with E-state index in [4.69, 9.17) is 5.53 Å². The summed E-state index contributed by atoms with van der Waals surface area (Å²) in [6.07, 6.45) is 3.34. The molecule has 0 saturated heterocycles. The minimum atomic E-state index is 0.561. The minimum Gasteiger partial charge on any atom is -0.299 e. The Labute approximate surface area is 101 Å². The Hall–Kier alpha value is -1.77. The van der Waals surface area contributed by atoms with Crippen LogP contribution in [0.1, 0.15) is 12.0 Å². The highest BCUT2D eigenvalue weighted by atomic mass is 15.2. The second kappa shape index (κ2) is 6.09. The third-order valence-corrected chi connectivity index (χ3v) is 3.02. The summed E-state index contributed by atoms with van der Waals surface area (Å²) in [6, 6.07) is 10.5. The molecule has 0 bridgehead atoms. The first-order chi connectivity index (χ1) is 8.40. The topological polar surface area (TPSA) is 52.0 Å². The van der Waals surface area contributed by atoms with Crippen molar-refractivity contribution in [2.75, 3.05) is 26.2 Å². The van der Waals surface area contributed by atoms with E-state index in [-0.39, 0.29) is 0 Å². The van der Waals surface area contributed by atoms with Crippen LogP contribution in [0.25, 0.3) is 16.0 Å². The smallest absolute Gasteiger partial charge is 0.0385 e. The number of azide groups is 1. The Balaban J connectivity index is 1.91. The van der Waals surface area contributed by atoms with Crippen LogP contribution in [0, 0.1) is 0 Å². The first-order valence-corrected chi connectivity index (χ1v) is 5.88. The van der Waals surface area contributed by atoms with Gasteiger partial charge < -0.3 is 0 Å². The molecule has 1 aliphatic heterocycles. The lowest BCUT2D eigenvalue weighted by Crippen LogP contribution is -2.30. The number of hydrogen-bond donors (Lipinski definition) is 0. The zero-order valence-corrected chi connectivity index (χ0v) is 9.79. The van der Waals surface area contributed by atoms with Gasteiger partial charge in [-0.25, -0.2) is 0 Å². The molecule has 17 heavy (non-hydrogen) atoms. The second-order valence-corrected chi connectivity index (χ2v) is 4.10. The molecular weight excluding hydrogens is 212 g/mol. The highest BCUT2D eigenvalue weighted by Gasteiger charge is 2.11. The van der Waals surface area contributed by atoms with Crippen LogP contribution in [0.2, 0.25) is 0 Å². The molecule has 0 spiro atoms. The van der Waals surface area contributed by atoms with E-state index in [1.807, 2.05) is 6.07 Å². The van der Waals surface area contributed by atoms with Gasteiger partial charge in [0.2, 0.25) is 0 Å². The van der Waals surface area contributed by atoms with Crippen molar-refractivity contribution >= 4 is 5.57 Å². The van der Waals surface area contributed by atoms with Gasteiger partial charge in [0.1, 0.15) is 0 Å². The van der Waals surface area contributed by atoms with E-state index in [0.29, 0.717) is 6.54 Å². The van der Waals surface area contributed by atoms with E-state index in [9.17, 15) is 0 Å². The molecule has 1 aromatic rings. The fraction of sp³-hybridized carbons (Fsp3) is 0.385. The maximum Gasteiger partial charge on any atom is 0.0385 e. The molecule has 0 aromatic heterocycles. The largest absolute Gasteiger partial charge is 0.299 e. The van der Waals surface area contributed by atoms with Crippen LogP contribution in [0.15, 0.2) is 41.5 Å². The third kappa shape index (κ3) is 3.34. The number of nitrogens with zero attached hydrogens (tertiary/aromatic N) is 4. The number of rotatable bonds is 4. The predicted octanol–water partition coefficient (Wildman–Crippen LogP) is 3.09. The Kier molecular flexibility index (Phi) is 4.19. The molecule has 1 heterocycles. The summed E-state index contributed by atoms with van der Waals surface area (Å²) < 4.78 is 0. The molecule has 4 heteroatoms. The van der Waals surface area contributed by atoms with Crippen molar-refractivity contribution in [3.8, 4) is 0 Å². The van der Waals surface area contributed by atoms with Crippen LogP contribution in [-0.2, 0) is 0 Å². The van der Waals surface area contributed by atoms with Crippen molar-refractivity contribution in [2.24, 2.45) is 5.11 Å². The van der Waals surface area contributed by atoms with E-state index in [2.05, 4.69) is 45.3 Å². The predicted molar refractivity (Wildman–Crippen MR) is 69.5 cm³/mol. The standard InChI is InChI=1S/C13H16N4/c14-16-15-8-11-17-9-6-13(7-10-17)12-4-2-1-3-5-12/h1-6H,7-11H2. The molecule has 4 nitrogen and oxygen atoms in total. The van der Waals surface area contributed by atoms with Gasteiger partial charge in [0.05, 0.1) is 0 Å². The van der Waals surface area contributed by atoms with Gasteiger partial charge in [-0.3, -0.25) is 4.90 Å². The van der Waals surface area contributed by atoms with Gasteiger partial charge in [-0.1, -0.05) is 41.5 Å². The summed E-state index contributed by atoms with van der Waals surface area (Å²) in [7, 11) is 0. The molecular formula is C13H16N4. The van der Waals surface area contributed by atoms with Gasteiger partial charge >= 0.3 is 0 Å². The van der Waals surface area contributed by atoms with Crippen LogP contribution in [-0.4, -0.2) is 31.1 Å². The van der Waals surface area contributed by atoms with Crippen LogP contribution in [0.4, 0.5) is 0 Å². The molecule has 0 atom stereocenters. The Morgan fingerprint density at radius 1 is 1.29 bits per heavy atom. The average molecular weight is 228 g/mol. The first kappa shape index (κ1) is 11.7. The van der Waals surface area contributed by atoms with Gasteiger partial charge in [-0.15, -0.1) is 0 Å². The van der Waals surface area contributed by atoms with Crippen molar-refractivity contribution in [3.05, 3.63) is 52.4 Å². The summed E-state index contributed by atoms with van der Waals surface area (Å²) in [5, 5.41) is 3.56. The lowest BCUT2D eigenvalue weighted by atomic mass is 10.00. The molecule has 2 rings (SSSR count). The van der Waals surface area contributed by atoms with Gasteiger partial charge in [0.15, 0.2) is 0 Å². The zero-order valence-electron chi connectivity index (χ0n) is 9.79. The van der Waals surface area contributed by atoms with Gasteiger partial charge in [0, 0.05) is 31.1 Å². The molecule has 0 radical (unpaired) electrons. The molecule has 0 amide bonds. The van der Waals surface area contributed by atoms with Crippen LogP contribution < -0.4 is 0 Å². The Bertz CT molecular complexity index is 432. The fourth-order valence-corrected chi connectivity index (χ4v) is 2.06. The van der Waals surface area contributed by atoms with Crippen molar-refractivity contribution in [1.82, 2.24) is 4.90 Å². The molecule has 0 unspecified atom stereocenters. The lowest BCUT2D eigenvalue weighted by molar-refractivity contribution is 0.310. The molecule has 0 saturated carbocycles. The van der Waals surface area contributed by atoms with Crippen LogP contribution >= 0.6 is 0 Å². The number of benzene rings is 1. The van der Waals surface area contributed by atoms with Crippen LogP contribution in [0.5, 0.6) is 0 Å². The molecule has 0 N–H and O–H groups in total. The van der Waals surface area contributed by atoms with E-state index in [1.54, 1.807) is 0 Å². The maximum absolute atomic E-state index is 8.21. The van der Waals surface area contributed by atoms with Crippen molar-refractivity contribution in [1.29, 1.82) is 0 Å². The quantitative estimate of drug-likeness (QED) is 0.444. The van der Waals surface area contributed by atoms with E-state index in [1.165, 1.54) is 11.1 Å². The minimum absolute atomic E-state index is 0.561. The first-order valence-electron chi connectivity index (χ1n) is 5.88. The zero-order chi connectivity index (χ0) is 11.9.